The summed E-state index contributed by atoms with van der Waals surface area (Å²) in [4.78, 5) is 33.3. The van der Waals surface area contributed by atoms with Crippen molar-refractivity contribution in [2.24, 2.45) is 5.92 Å². The van der Waals surface area contributed by atoms with E-state index in [4.69, 9.17) is 0 Å². The monoisotopic (exact) mass is 499 g/mol. The largest absolute Gasteiger partial charge is 0.347 e. The Morgan fingerprint density at radius 1 is 0.842 bits per heavy atom. The van der Waals surface area contributed by atoms with Crippen LogP contribution < -0.4 is 10.2 Å². The quantitative estimate of drug-likeness (QED) is 0.312. The first-order chi connectivity index (χ1) is 18.6. The van der Waals surface area contributed by atoms with Crippen molar-refractivity contribution in [1.82, 2.24) is 10.3 Å². The maximum absolute atomic E-state index is 13.9. The van der Waals surface area contributed by atoms with Crippen molar-refractivity contribution in [2.75, 3.05) is 4.90 Å². The standard InChI is InChI=1S/C33H29N3O2/c1-24(26-9-4-2-5-10-26)35-33(38)32(29-13-8-22-34-23-29)36(31(37)21-16-25-14-15-25)30-19-17-28(18-20-30)27-11-6-3-7-12-27/h2-13,17-20,22-25,32H,14-15H2,1H3,(H,35,38)/t24-,32?/m0/s1. The van der Waals surface area contributed by atoms with Crippen LogP contribution in [0.3, 0.4) is 0 Å². The predicted molar refractivity (Wildman–Crippen MR) is 150 cm³/mol. The van der Waals surface area contributed by atoms with Gasteiger partial charge in [0.15, 0.2) is 0 Å². The Labute approximate surface area is 223 Å². The van der Waals surface area contributed by atoms with Gasteiger partial charge in [0.05, 0.1) is 6.04 Å². The molecule has 0 radical (unpaired) electrons. The van der Waals surface area contributed by atoms with Crippen molar-refractivity contribution >= 4 is 17.5 Å². The summed E-state index contributed by atoms with van der Waals surface area (Å²) in [5, 5.41) is 3.11. The molecule has 0 spiro atoms. The van der Waals surface area contributed by atoms with Crippen LogP contribution in [-0.4, -0.2) is 16.8 Å². The van der Waals surface area contributed by atoms with E-state index >= 15 is 0 Å². The van der Waals surface area contributed by atoms with Crippen LogP contribution >= 0.6 is 0 Å². The molecular formula is C33H29N3O2. The number of carbonyl (C=O) groups is 2. The number of nitrogens with zero attached hydrogens (tertiary/aromatic N) is 2. The van der Waals surface area contributed by atoms with Gasteiger partial charge in [-0.1, -0.05) is 84.8 Å². The van der Waals surface area contributed by atoms with Crippen molar-refractivity contribution in [3.05, 3.63) is 121 Å². The smallest absolute Gasteiger partial charge is 0.303 e. The van der Waals surface area contributed by atoms with Gasteiger partial charge < -0.3 is 5.32 Å². The summed E-state index contributed by atoms with van der Waals surface area (Å²) < 4.78 is 0. The van der Waals surface area contributed by atoms with Gasteiger partial charge in [-0.15, -0.1) is 0 Å². The molecule has 0 bridgehead atoms. The summed E-state index contributed by atoms with van der Waals surface area (Å²) in [6.45, 7) is 1.93. The molecule has 1 heterocycles. The SMILES string of the molecule is C[C@H](NC(=O)C(c1cccnc1)N(C(=O)C#CC1CC1)c1ccc(-c2ccccc2)cc1)c1ccccc1. The molecular weight excluding hydrogens is 470 g/mol. The second-order valence-corrected chi connectivity index (χ2v) is 9.46. The van der Waals surface area contributed by atoms with Crippen molar-refractivity contribution < 1.29 is 9.59 Å². The Morgan fingerprint density at radius 2 is 1.47 bits per heavy atom. The molecule has 1 fully saturated rings. The Balaban J connectivity index is 1.53. The lowest BCUT2D eigenvalue weighted by molar-refractivity contribution is -0.125. The minimum absolute atomic E-state index is 0.252. The predicted octanol–water partition coefficient (Wildman–Crippen LogP) is 6.11. The van der Waals surface area contributed by atoms with Crippen molar-refractivity contribution in [1.29, 1.82) is 0 Å². The number of amides is 2. The number of carbonyl (C=O) groups excluding carboxylic acids is 2. The van der Waals surface area contributed by atoms with Crippen LogP contribution in [0.2, 0.25) is 0 Å². The van der Waals surface area contributed by atoms with E-state index in [0.29, 0.717) is 11.3 Å². The Morgan fingerprint density at radius 3 is 2.11 bits per heavy atom. The summed E-state index contributed by atoms with van der Waals surface area (Å²) in [5.74, 6) is 5.42. The minimum atomic E-state index is -0.946. The van der Waals surface area contributed by atoms with Gasteiger partial charge in [0.25, 0.3) is 0 Å². The maximum Gasteiger partial charge on any atom is 0.303 e. The van der Waals surface area contributed by atoms with Crippen LogP contribution in [0.4, 0.5) is 5.69 Å². The number of nitrogens with one attached hydrogen (secondary N) is 1. The van der Waals surface area contributed by atoms with E-state index < -0.39 is 11.9 Å². The molecule has 1 aliphatic rings. The first-order valence-electron chi connectivity index (χ1n) is 12.9. The highest BCUT2D eigenvalue weighted by atomic mass is 16.2. The second kappa shape index (κ2) is 11.6. The highest BCUT2D eigenvalue weighted by Crippen LogP contribution is 2.31. The summed E-state index contributed by atoms with van der Waals surface area (Å²) in [6, 6.07) is 29.8. The van der Waals surface area contributed by atoms with E-state index in [1.807, 2.05) is 97.9 Å². The number of hydrogen-bond donors (Lipinski definition) is 1. The lowest BCUT2D eigenvalue weighted by atomic mass is 10.0. The van der Waals surface area contributed by atoms with Gasteiger partial charge in [-0.3, -0.25) is 19.5 Å². The number of hydrogen-bond acceptors (Lipinski definition) is 3. The lowest BCUT2D eigenvalue weighted by Gasteiger charge is -2.31. The molecule has 188 valence electrons. The number of rotatable bonds is 7. The van der Waals surface area contributed by atoms with Crippen LogP contribution in [0.15, 0.2) is 109 Å². The maximum atomic E-state index is 13.9. The van der Waals surface area contributed by atoms with E-state index in [2.05, 4.69) is 22.1 Å². The van der Waals surface area contributed by atoms with Crippen molar-refractivity contribution in [3.8, 4) is 23.0 Å². The van der Waals surface area contributed by atoms with E-state index in [0.717, 1.165) is 29.5 Å². The Hall–Kier alpha value is -4.69. The van der Waals surface area contributed by atoms with Crippen LogP contribution in [0.1, 0.15) is 43.0 Å². The molecule has 1 N–H and O–H groups in total. The van der Waals surface area contributed by atoms with Gasteiger partial charge in [0, 0.05) is 29.6 Å². The average molecular weight is 500 g/mol. The molecule has 1 aliphatic carbocycles. The molecule has 1 unspecified atom stereocenters. The summed E-state index contributed by atoms with van der Waals surface area (Å²) in [7, 11) is 0. The van der Waals surface area contributed by atoms with Gasteiger partial charge >= 0.3 is 5.91 Å². The molecule has 5 heteroatoms. The molecule has 1 saturated carbocycles. The Kier molecular flexibility index (Phi) is 7.61. The zero-order chi connectivity index (χ0) is 26.3. The molecule has 2 atom stereocenters. The van der Waals surface area contributed by atoms with Crippen LogP contribution in [0, 0.1) is 17.8 Å². The molecule has 38 heavy (non-hydrogen) atoms. The second-order valence-electron chi connectivity index (χ2n) is 9.46. The third kappa shape index (κ3) is 5.99. The topological polar surface area (TPSA) is 62.3 Å². The van der Waals surface area contributed by atoms with E-state index in [1.54, 1.807) is 18.5 Å². The first kappa shape index (κ1) is 25.0. The number of anilines is 1. The molecule has 1 aromatic heterocycles. The molecule has 0 saturated heterocycles. The van der Waals surface area contributed by atoms with Gasteiger partial charge in [0.2, 0.25) is 5.91 Å². The highest BCUT2D eigenvalue weighted by Gasteiger charge is 2.33. The third-order valence-electron chi connectivity index (χ3n) is 6.60. The number of pyridine rings is 1. The summed E-state index contributed by atoms with van der Waals surface area (Å²) in [5.41, 5.74) is 4.27. The van der Waals surface area contributed by atoms with E-state index in [-0.39, 0.29) is 17.9 Å². The molecule has 5 rings (SSSR count). The zero-order valence-electron chi connectivity index (χ0n) is 21.2. The van der Waals surface area contributed by atoms with E-state index in [1.165, 1.54) is 4.90 Å². The van der Waals surface area contributed by atoms with Crippen LogP contribution in [0.5, 0.6) is 0 Å². The Bertz CT molecular complexity index is 1440. The van der Waals surface area contributed by atoms with Gasteiger partial charge in [-0.2, -0.15) is 0 Å². The van der Waals surface area contributed by atoms with Gasteiger partial charge in [-0.25, -0.2) is 0 Å². The van der Waals surface area contributed by atoms with Gasteiger partial charge in [-0.05, 0) is 60.6 Å². The molecule has 4 aromatic rings. The molecule has 0 aliphatic heterocycles. The zero-order valence-corrected chi connectivity index (χ0v) is 21.2. The fourth-order valence-corrected chi connectivity index (χ4v) is 4.35. The highest BCUT2D eigenvalue weighted by molar-refractivity contribution is 6.10. The first-order valence-corrected chi connectivity index (χ1v) is 12.9. The summed E-state index contributed by atoms with van der Waals surface area (Å²) >= 11 is 0. The molecule has 2 amide bonds. The average Bonchev–Trinajstić information content (AvgIpc) is 3.81. The molecule has 3 aromatic carbocycles. The van der Waals surface area contributed by atoms with E-state index in [9.17, 15) is 9.59 Å². The van der Waals surface area contributed by atoms with Crippen LogP contribution in [-0.2, 0) is 9.59 Å². The van der Waals surface area contributed by atoms with Crippen molar-refractivity contribution in [3.63, 3.8) is 0 Å². The number of benzene rings is 3. The van der Waals surface area contributed by atoms with Crippen LogP contribution in [0.25, 0.3) is 11.1 Å². The lowest BCUT2D eigenvalue weighted by Crippen LogP contribution is -2.44. The van der Waals surface area contributed by atoms with Gasteiger partial charge in [0.1, 0.15) is 6.04 Å². The minimum Gasteiger partial charge on any atom is -0.347 e. The third-order valence-corrected chi connectivity index (χ3v) is 6.60. The fourth-order valence-electron chi connectivity index (χ4n) is 4.35. The summed E-state index contributed by atoms with van der Waals surface area (Å²) in [6.07, 6.45) is 5.30. The number of aromatic nitrogens is 1. The molecule has 5 nitrogen and oxygen atoms in total. The fraction of sp³-hybridized carbons (Fsp3) is 0.182. The normalized spacial score (nSPS) is 13.9. The van der Waals surface area contributed by atoms with Crippen molar-refractivity contribution in [2.45, 2.75) is 31.8 Å².